The van der Waals surface area contributed by atoms with E-state index >= 15 is 0 Å². The number of halogens is 1. The maximum atomic E-state index is 12.9. The average Bonchev–Trinajstić information content (AvgIpc) is 3.16. The second kappa shape index (κ2) is 8.42. The van der Waals surface area contributed by atoms with Gasteiger partial charge in [0.05, 0.1) is 11.8 Å². The van der Waals surface area contributed by atoms with E-state index < -0.39 is 0 Å². The van der Waals surface area contributed by atoms with E-state index in [1.165, 1.54) is 22.2 Å². The number of fused-ring (bicyclic) bond motifs is 1. The first kappa shape index (κ1) is 20.3. The van der Waals surface area contributed by atoms with Crippen LogP contribution in [0.5, 0.6) is 0 Å². The first-order chi connectivity index (χ1) is 14.4. The quantitative estimate of drug-likeness (QED) is 0.445. The zero-order chi connectivity index (χ0) is 21.3. The van der Waals surface area contributed by atoms with Crippen molar-refractivity contribution in [3.8, 4) is 10.4 Å². The molecule has 30 heavy (non-hydrogen) atoms. The highest BCUT2D eigenvalue weighted by Crippen LogP contribution is 2.31. The Hall–Kier alpha value is -2.96. The van der Waals surface area contributed by atoms with Gasteiger partial charge in [0.15, 0.2) is 0 Å². The van der Waals surface area contributed by atoms with Crippen LogP contribution in [0.25, 0.3) is 20.7 Å². The van der Waals surface area contributed by atoms with Crippen molar-refractivity contribution in [3.63, 3.8) is 0 Å². The molecule has 0 atom stereocenters. The molecule has 0 radical (unpaired) electrons. The van der Waals surface area contributed by atoms with Gasteiger partial charge in [-0.3, -0.25) is 14.2 Å². The molecule has 0 fully saturated rings. The van der Waals surface area contributed by atoms with Crippen LogP contribution in [0.2, 0.25) is 5.02 Å². The lowest BCUT2D eigenvalue weighted by atomic mass is 10.0. The predicted molar refractivity (Wildman–Crippen MR) is 123 cm³/mol. The monoisotopic (exact) mass is 437 g/mol. The molecule has 2 aromatic heterocycles. The van der Waals surface area contributed by atoms with E-state index in [1.54, 1.807) is 0 Å². The Morgan fingerprint density at radius 3 is 2.63 bits per heavy atom. The van der Waals surface area contributed by atoms with Crippen molar-refractivity contribution < 1.29 is 4.79 Å². The van der Waals surface area contributed by atoms with Gasteiger partial charge in [-0.05, 0) is 41.3 Å². The summed E-state index contributed by atoms with van der Waals surface area (Å²) < 4.78 is 1.87. The fourth-order valence-electron chi connectivity index (χ4n) is 3.27. The zero-order valence-electron chi connectivity index (χ0n) is 16.6. The molecule has 0 spiro atoms. The van der Waals surface area contributed by atoms with Crippen molar-refractivity contribution in [1.29, 1.82) is 0 Å². The summed E-state index contributed by atoms with van der Waals surface area (Å²) in [5, 5.41) is 3.57. The van der Waals surface area contributed by atoms with E-state index in [-0.39, 0.29) is 23.9 Å². The number of nitrogens with zero attached hydrogens (tertiary/aromatic N) is 2. The fraction of sp³-hybridized carbons (Fsp3) is 0.174. The molecule has 7 heteroatoms. The van der Waals surface area contributed by atoms with Gasteiger partial charge >= 0.3 is 0 Å². The number of anilines is 1. The minimum absolute atomic E-state index is 0.0949. The molecule has 0 aliphatic rings. The summed E-state index contributed by atoms with van der Waals surface area (Å²) in [4.78, 5) is 30.8. The Balaban J connectivity index is 1.59. The van der Waals surface area contributed by atoms with Gasteiger partial charge in [-0.15, -0.1) is 11.3 Å². The van der Waals surface area contributed by atoms with E-state index in [1.807, 2.05) is 54.6 Å². The number of hydrogen-bond donors (Lipinski definition) is 1. The van der Waals surface area contributed by atoms with Crippen molar-refractivity contribution in [3.05, 3.63) is 81.9 Å². The number of nitrogens with one attached hydrogen (secondary N) is 1. The second-order valence-corrected chi connectivity index (χ2v) is 8.79. The van der Waals surface area contributed by atoms with Crippen molar-refractivity contribution in [2.24, 2.45) is 0 Å². The van der Waals surface area contributed by atoms with E-state index in [4.69, 9.17) is 11.6 Å². The van der Waals surface area contributed by atoms with Gasteiger partial charge in [0, 0.05) is 15.6 Å². The summed E-state index contributed by atoms with van der Waals surface area (Å²) in [6.07, 6.45) is 1.43. The smallest absolute Gasteiger partial charge is 0.271 e. The predicted octanol–water partition coefficient (Wildman–Crippen LogP) is 5.54. The van der Waals surface area contributed by atoms with Crippen LogP contribution in [0.3, 0.4) is 0 Å². The van der Waals surface area contributed by atoms with Gasteiger partial charge < -0.3 is 5.32 Å². The highest BCUT2D eigenvalue weighted by molar-refractivity contribution is 7.22. The molecular weight excluding hydrogens is 418 g/mol. The Labute approximate surface area is 183 Å². The maximum absolute atomic E-state index is 12.9. The van der Waals surface area contributed by atoms with Gasteiger partial charge in [0.1, 0.15) is 11.2 Å². The Morgan fingerprint density at radius 1 is 1.17 bits per heavy atom. The summed E-state index contributed by atoms with van der Waals surface area (Å²) in [5.74, 6) is 0.0143. The first-order valence-corrected chi connectivity index (χ1v) is 10.8. The van der Waals surface area contributed by atoms with Gasteiger partial charge in [0.2, 0.25) is 5.91 Å². The number of carbonyl (C=O) groups excluding carboxylic acids is 1. The van der Waals surface area contributed by atoms with Gasteiger partial charge in [-0.2, -0.15) is 0 Å². The van der Waals surface area contributed by atoms with Gasteiger partial charge in [0.25, 0.3) is 5.56 Å². The van der Waals surface area contributed by atoms with Crippen LogP contribution in [-0.2, 0) is 11.3 Å². The van der Waals surface area contributed by atoms with Crippen molar-refractivity contribution in [1.82, 2.24) is 9.55 Å². The van der Waals surface area contributed by atoms with Crippen LogP contribution in [0.4, 0.5) is 5.69 Å². The molecule has 0 unspecified atom stereocenters. The molecule has 0 bridgehead atoms. The van der Waals surface area contributed by atoms with Crippen LogP contribution in [0.1, 0.15) is 25.3 Å². The van der Waals surface area contributed by atoms with Crippen molar-refractivity contribution in [2.75, 3.05) is 5.32 Å². The van der Waals surface area contributed by atoms with Gasteiger partial charge in [-0.25, -0.2) is 4.98 Å². The Morgan fingerprint density at radius 2 is 1.90 bits per heavy atom. The van der Waals surface area contributed by atoms with Crippen molar-refractivity contribution >= 4 is 44.7 Å². The largest absolute Gasteiger partial charge is 0.324 e. The van der Waals surface area contributed by atoms with Crippen LogP contribution in [0.15, 0.2) is 65.7 Å². The molecular formula is C23H20ClN3O2S. The Kier molecular flexibility index (Phi) is 5.70. The third kappa shape index (κ3) is 4.15. The molecule has 1 N–H and O–H groups in total. The van der Waals surface area contributed by atoms with E-state index in [0.717, 1.165) is 21.7 Å². The molecule has 5 nitrogen and oxygen atoms in total. The lowest BCUT2D eigenvalue weighted by Crippen LogP contribution is -2.27. The van der Waals surface area contributed by atoms with Crippen LogP contribution in [0, 0.1) is 0 Å². The second-order valence-electron chi connectivity index (χ2n) is 7.30. The van der Waals surface area contributed by atoms with E-state index in [0.29, 0.717) is 15.2 Å². The van der Waals surface area contributed by atoms with Crippen LogP contribution >= 0.6 is 22.9 Å². The van der Waals surface area contributed by atoms with Crippen LogP contribution in [-0.4, -0.2) is 15.5 Å². The number of benzene rings is 2. The molecule has 4 rings (SSSR count). The summed E-state index contributed by atoms with van der Waals surface area (Å²) in [7, 11) is 0. The Bertz CT molecular complexity index is 1280. The molecule has 0 saturated heterocycles. The van der Waals surface area contributed by atoms with Crippen LogP contribution < -0.4 is 10.9 Å². The molecule has 0 aliphatic carbocycles. The molecule has 4 aromatic rings. The number of rotatable bonds is 5. The van der Waals surface area contributed by atoms with Gasteiger partial charge in [-0.1, -0.05) is 55.8 Å². The summed E-state index contributed by atoms with van der Waals surface area (Å²) in [6, 6.07) is 17.0. The molecule has 1 amide bonds. The zero-order valence-corrected chi connectivity index (χ0v) is 18.1. The molecule has 0 saturated carbocycles. The summed E-state index contributed by atoms with van der Waals surface area (Å²) in [6.45, 7) is 4.05. The molecule has 2 heterocycles. The topological polar surface area (TPSA) is 64.0 Å². The van der Waals surface area contributed by atoms with E-state index in [9.17, 15) is 9.59 Å². The lowest BCUT2D eigenvalue weighted by molar-refractivity contribution is -0.116. The maximum Gasteiger partial charge on any atom is 0.271 e. The molecule has 2 aromatic carbocycles. The first-order valence-electron chi connectivity index (χ1n) is 9.56. The average molecular weight is 438 g/mol. The van der Waals surface area contributed by atoms with E-state index in [2.05, 4.69) is 24.1 Å². The number of carbonyl (C=O) groups is 1. The number of thiophene rings is 1. The fourth-order valence-corrected chi connectivity index (χ4v) is 4.46. The highest BCUT2D eigenvalue weighted by Gasteiger charge is 2.14. The number of para-hydroxylation sites is 1. The highest BCUT2D eigenvalue weighted by atomic mass is 35.5. The summed E-state index contributed by atoms with van der Waals surface area (Å²) in [5.41, 5.74) is 3.18. The lowest BCUT2D eigenvalue weighted by Gasteiger charge is -2.14. The minimum Gasteiger partial charge on any atom is -0.324 e. The normalized spacial score (nSPS) is 11.2. The SMILES string of the molecule is CC(C)c1ccccc1NC(=O)Cn1cnc2cc(-c3ccc(Cl)cc3)sc2c1=O. The minimum atomic E-state index is -0.263. The number of amides is 1. The van der Waals surface area contributed by atoms with Crippen molar-refractivity contribution in [2.45, 2.75) is 26.3 Å². The summed E-state index contributed by atoms with van der Waals surface area (Å²) >= 11 is 7.32. The third-order valence-electron chi connectivity index (χ3n) is 4.80. The molecule has 0 aliphatic heterocycles. The number of aromatic nitrogens is 2. The molecule has 152 valence electrons. The number of hydrogen-bond acceptors (Lipinski definition) is 4. The standard InChI is InChI=1S/C23H20ClN3O2S/c1-14(2)17-5-3-4-6-18(17)26-21(28)12-27-13-25-19-11-20(30-22(19)23(27)29)15-7-9-16(24)10-8-15/h3-11,13-14H,12H2,1-2H3,(H,26,28). The third-order valence-corrected chi connectivity index (χ3v) is 6.22.